The van der Waals surface area contributed by atoms with Gasteiger partial charge in [0.15, 0.2) is 0 Å². The molecule has 0 aliphatic heterocycles. The summed E-state index contributed by atoms with van der Waals surface area (Å²) in [5.41, 5.74) is 4.29. The van der Waals surface area contributed by atoms with E-state index in [-0.39, 0.29) is 31.5 Å². The number of hydrogen-bond donors (Lipinski definition) is 1. The molecular formula is C28H28N5O6P. The molecule has 0 unspecified atom stereocenters. The molecule has 0 bridgehead atoms. The molecule has 0 saturated heterocycles. The van der Waals surface area contributed by atoms with Crippen LogP contribution in [-0.4, -0.2) is 40.8 Å². The molecular weight excluding hydrogens is 533 g/mol. The number of ether oxygens (including phenoxy) is 1. The van der Waals surface area contributed by atoms with Gasteiger partial charge in [0.2, 0.25) is 5.91 Å². The molecule has 206 valence electrons. The normalized spacial score (nSPS) is 11.2. The summed E-state index contributed by atoms with van der Waals surface area (Å²) in [4.78, 5) is 20.7. The lowest BCUT2D eigenvalue weighted by atomic mass is 10.0. The largest absolute Gasteiger partial charge is 0.497 e. The number of carbonyl (C=O) groups excluding carboxylic acids is 1. The van der Waals surface area contributed by atoms with Gasteiger partial charge in [0, 0.05) is 46.9 Å². The second kappa shape index (κ2) is 12.7. The van der Waals surface area contributed by atoms with Crippen molar-refractivity contribution in [2.45, 2.75) is 20.6 Å². The lowest BCUT2D eigenvalue weighted by Crippen LogP contribution is -2.07. The molecule has 0 aliphatic carbocycles. The quantitative estimate of drug-likeness (QED) is 0.165. The molecule has 0 fully saturated rings. The number of nitriles is 1. The lowest BCUT2D eigenvalue weighted by Gasteiger charge is -2.16. The molecule has 0 aliphatic rings. The summed E-state index contributed by atoms with van der Waals surface area (Å²) >= 11 is 0. The number of anilines is 1. The Kier molecular flexibility index (Phi) is 9.09. The van der Waals surface area contributed by atoms with Gasteiger partial charge in [-0.2, -0.15) is 5.26 Å². The maximum absolute atomic E-state index is 12.9. The number of phosphoric acid groups is 1. The average molecular weight is 562 g/mol. The fourth-order valence-corrected chi connectivity index (χ4v) is 5.15. The van der Waals surface area contributed by atoms with Crippen LogP contribution < -0.4 is 10.1 Å². The topological polar surface area (TPSA) is 138 Å². The van der Waals surface area contributed by atoms with Crippen LogP contribution in [0, 0.1) is 11.3 Å². The van der Waals surface area contributed by atoms with Crippen LogP contribution in [0.3, 0.4) is 0 Å². The van der Waals surface area contributed by atoms with Gasteiger partial charge in [-0.25, -0.2) is 14.5 Å². The number of nitrogens with one attached hydrogen (secondary N) is 1. The Hall–Kier alpha value is -4.33. The summed E-state index contributed by atoms with van der Waals surface area (Å²) in [7, 11) is -2.24. The first-order valence-electron chi connectivity index (χ1n) is 12.3. The summed E-state index contributed by atoms with van der Waals surface area (Å²) in [6.07, 6.45) is 6.21. The number of rotatable bonds is 12. The Morgan fingerprint density at radius 3 is 2.55 bits per heavy atom. The van der Waals surface area contributed by atoms with E-state index >= 15 is 0 Å². The van der Waals surface area contributed by atoms with Crippen LogP contribution in [0.4, 0.5) is 5.69 Å². The Balaban J connectivity index is 1.84. The van der Waals surface area contributed by atoms with Gasteiger partial charge in [0.05, 0.1) is 20.3 Å². The summed E-state index contributed by atoms with van der Waals surface area (Å²) in [5.74, 6) is 0.188. The number of pyridine rings is 2. The predicted octanol–water partition coefficient (Wildman–Crippen LogP) is 5.93. The highest BCUT2D eigenvalue weighted by Crippen LogP contribution is 2.49. The smallest absolute Gasteiger partial charge is 0.476 e. The van der Waals surface area contributed by atoms with Gasteiger partial charge < -0.3 is 14.6 Å². The van der Waals surface area contributed by atoms with Gasteiger partial charge in [0.1, 0.15) is 29.9 Å². The third-order valence-electron chi connectivity index (χ3n) is 5.76. The van der Waals surface area contributed by atoms with E-state index in [1.165, 1.54) is 13.2 Å². The van der Waals surface area contributed by atoms with Gasteiger partial charge in [-0.3, -0.25) is 18.4 Å². The Morgan fingerprint density at radius 1 is 1.10 bits per heavy atom. The van der Waals surface area contributed by atoms with Crippen molar-refractivity contribution < 1.29 is 27.7 Å². The van der Waals surface area contributed by atoms with Gasteiger partial charge >= 0.3 is 7.82 Å². The molecule has 4 rings (SSSR count). The number of aromatic nitrogens is 3. The molecule has 1 aromatic carbocycles. The van der Waals surface area contributed by atoms with Crippen LogP contribution in [-0.2, 0) is 29.7 Å². The van der Waals surface area contributed by atoms with Crippen LogP contribution in [0.2, 0.25) is 0 Å². The maximum Gasteiger partial charge on any atom is 0.476 e. The third kappa shape index (κ3) is 6.45. The molecule has 0 spiro atoms. The van der Waals surface area contributed by atoms with Crippen LogP contribution in [0.1, 0.15) is 19.5 Å². The maximum atomic E-state index is 12.9. The first-order valence-corrected chi connectivity index (χ1v) is 13.8. The predicted molar refractivity (Wildman–Crippen MR) is 150 cm³/mol. The Labute approximate surface area is 231 Å². The van der Waals surface area contributed by atoms with Crippen molar-refractivity contribution in [2.24, 2.45) is 0 Å². The van der Waals surface area contributed by atoms with E-state index < -0.39 is 7.82 Å². The second-order valence-corrected chi connectivity index (χ2v) is 10.0. The number of benzene rings is 1. The summed E-state index contributed by atoms with van der Waals surface area (Å²) in [6, 6.07) is 12.8. The van der Waals surface area contributed by atoms with Gasteiger partial charge in [0.25, 0.3) is 0 Å². The van der Waals surface area contributed by atoms with Crippen molar-refractivity contribution in [3.63, 3.8) is 0 Å². The Bertz CT molecular complexity index is 1630. The molecule has 3 heterocycles. The van der Waals surface area contributed by atoms with Crippen molar-refractivity contribution in [1.82, 2.24) is 14.5 Å². The van der Waals surface area contributed by atoms with Gasteiger partial charge in [-0.05, 0) is 61.4 Å². The van der Waals surface area contributed by atoms with Crippen molar-refractivity contribution in [3.8, 4) is 34.1 Å². The molecule has 0 saturated carbocycles. The standard InChI is InChI=1S/C28H28N5O6P/c1-5-27(34)32-22-11-20(12-24(14-22)36-4)21-13-25-26(19-8-9-30-23(10-19)15-29)17-33(28(25)31-16-21)18-39-40(35,37-6-2)38-7-3/h5,8-14,16-17H,1,6-7,18H2,2-4H3,(H,32,34). The number of phosphoric ester groups is 1. The van der Waals surface area contributed by atoms with Crippen LogP contribution in [0.25, 0.3) is 33.3 Å². The fraction of sp³-hybridized carbons (Fsp3) is 0.214. The molecule has 12 heteroatoms. The highest BCUT2D eigenvalue weighted by atomic mass is 31.2. The zero-order valence-electron chi connectivity index (χ0n) is 22.3. The molecule has 1 amide bonds. The van der Waals surface area contributed by atoms with Crippen molar-refractivity contribution >= 4 is 30.5 Å². The van der Waals surface area contributed by atoms with Crippen LogP contribution in [0.15, 0.2) is 67.6 Å². The first kappa shape index (κ1) is 28.7. The number of methoxy groups -OCH3 is 1. The minimum absolute atomic E-state index is 0.153. The molecule has 1 N–H and O–H groups in total. The van der Waals surface area contributed by atoms with Crippen molar-refractivity contribution in [2.75, 3.05) is 25.6 Å². The molecule has 40 heavy (non-hydrogen) atoms. The fourth-order valence-electron chi connectivity index (χ4n) is 4.03. The van der Waals surface area contributed by atoms with E-state index in [0.717, 1.165) is 27.6 Å². The van der Waals surface area contributed by atoms with E-state index in [1.54, 1.807) is 61.3 Å². The number of hydrogen-bond acceptors (Lipinski definition) is 9. The highest BCUT2D eigenvalue weighted by Gasteiger charge is 2.26. The SMILES string of the molecule is C=CC(=O)Nc1cc(OC)cc(-c2cnc3c(c2)c(-c2ccnc(C#N)c2)cn3COP(=O)(OCC)OCC)c1. The highest BCUT2D eigenvalue weighted by molar-refractivity contribution is 7.48. The summed E-state index contributed by atoms with van der Waals surface area (Å²) in [5, 5.41) is 12.9. The van der Waals surface area contributed by atoms with Crippen molar-refractivity contribution in [3.05, 3.63) is 73.3 Å². The minimum atomic E-state index is -3.78. The molecule has 4 aromatic rings. The number of nitrogens with zero attached hydrogens (tertiary/aromatic N) is 4. The molecule has 0 atom stereocenters. The van der Waals surface area contributed by atoms with Crippen LogP contribution in [0.5, 0.6) is 5.75 Å². The van der Waals surface area contributed by atoms with E-state index in [0.29, 0.717) is 17.1 Å². The van der Waals surface area contributed by atoms with E-state index in [1.807, 2.05) is 12.1 Å². The molecule has 11 nitrogen and oxygen atoms in total. The van der Waals surface area contributed by atoms with Crippen LogP contribution >= 0.6 is 7.82 Å². The summed E-state index contributed by atoms with van der Waals surface area (Å²) in [6.45, 7) is 7.04. The number of fused-ring (bicyclic) bond motifs is 1. The van der Waals surface area contributed by atoms with E-state index in [9.17, 15) is 14.6 Å². The number of amides is 1. The lowest BCUT2D eigenvalue weighted by molar-refractivity contribution is -0.111. The monoisotopic (exact) mass is 561 g/mol. The molecule has 3 aromatic heterocycles. The van der Waals surface area contributed by atoms with E-state index in [4.69, 9.17) is 18.3 Å². The number of carbonyl (C=O) groups is 1. The van der Waals surface area contributed by atoms with Gasteiger partial charge in [-0.15, -0.1) is 0 Å². The molecule has 0 radical (unpaired) electrons. The first-order chi connectivity index (χ1) is 19.3. The second-order valence-electron chi connectivity index (χ2n) is 8.33. The third-order valence-corrected chi connectivity index (χ3v) is 7.34. The Morgan fingerprint density at radius 2 is 1.88 bits per heavy atom. The average Bonchev–Trinajstić information content (AvgIpc) is 3.34. The minimum Gasteiger partial charge on any atom is -0.497 e. The van der Waals surface area contributed by atoms with Crippen molar-refractivity contribution in [1.29, 1.82) is 5.26 Å². The van der Waals surface area contributed by atoms with E-state index in [2.05, 4.69) is 27.9 Å². The van der Waals surface area contributed by atoms with Gasteiger partial charge in [-0.1, -0.05) is 6.58 Å². The zero-order chi connectivity index (χ0) is 28.7. The summed E-state index contributed by atoms with van der Waals surface area (Å²) < 4.78 is 36.2. The zero-order valence-corrected chi connectivity index (χ0v) is 23.2.